The average Bonchev–Trinajstić information content (AvgIpc) is 2.52. The highest BCUT2D eigenvalue weighted by Crippen LogP contribution is 2.18. The number of nitrogen functional groups attached to an aromatic ring is 1. The molecule has 0 aliphatic carbocycles. The van der Waals surface area contributed by atoms with Crippen molar-refractivity contribution in [3.8, 4) is 11.8 Å². The van der Waals surface area contributed by atoms with Crippen molar-refractivity contribution in [1.82, 2.24) is 0 Å². The number of anilines is 2. The summed E-state index contributed by atoms with van der Waals surface area (Å²) in [4.78, 5) is 13.6. The number of carbonyl (C=O) groups is 1. The fraction of sp³-hybridized carbons (Fsp3) is 0.125. The number of rotatable bonds is 4. The van der Waals surface area contributed by atoms with Gasteiger partial charge in [-0.2, -0.15) is 5.26 Å². The average molecular weight is 281 g/mol. The lowest BCUT2D eigenvalue weighted by Crippen LogP contribution is -2.31. The van der Waals surface area contributed by atoms with Gasteiger partial charge in [-0.3, -0.25) is 4.79 Å². The number of nitrogens with zero attached hydrogens (tertiary/aromatic N) is 2. The van der Waals surface area contributed by atoms with Crippen molar-refractivity contribution < 1.29 is 9.53 Å². The Bertz CT molecular complexity index is 675. The second-order valence-corrected chi connectivity index (χ2v) is 4.44. The van der Waals surface area contributed by atoms with Crippen molar-refractivity contribution in [1.29, 1.82) is 5.26 Å². The van der Waals surface area contributed by atoms with Crippen LogP contribution in [-0.4, -0.2) is 19.6 Å². The third-order valence-electron chi connectivity index (χ3n) is 3.01. The Balaban J connectivity index is 2.01. The van der Waals surface area contributed by atoms with Crippen LogP contribution in [0.5, 0.6) is 5.75 Å². The van der Waals surface area contributed by atoms with Gasteiger partial charge in [-0.1, -0.05) is 12.1 Å². The number of nitriles is 1. The van der Waals surface area contributed by atoms with E-state index in [4.69, 9.17) is 15.7 Å². The van der Waals surface area contributed by atoms with E-state index in [0.717, 1.165) is 5.69 Å². The Labute approximate surface area is 123 Å². The topological polar surface area (TPSA) is 79.3 Å². The fourth-order valence-electron chi connectivity index (χ4n) is 1.76. The molecular formula is C16H15N3O2. The normalized spacial score (nSPS) is 9.71. The number of nitrogens with two attached hydrogens (primary N) is 1. The van der Waals surface area contributed by atoms with Gasteiger partial charge in [0.05, 0.1) is 5.56 Å². The maximum Gasteiger partial charge on any atom is 0.264 e. The molecule has 2 rings (SSSR count). The maximum atomic E-state index is 12.1. The summed E-state index contributed by atoms with van der Waals surface area (Å²) < 4.78 is 5.42. The highest BCUT2D eigenvalue weighted by Gasteiger charge is 2.12. The second kappa shape index (κ2) is 6.44. The summed E-state index contributed by atoms with van der Waals surface area (Å²) in [6, 6.07) is 15.8. The Morgan fingerprint density at radius 1 is 1.24 bits per heavy atom. The van der Waals surface area contributed by atoms with Crippen molar-refractivity contribution in [3.63, 3.8) is 0 Å². The molecule has 21 heavy (non-hydrogen) atoms. The molecule has 0 saturated carbocycles. The molecule has 2 aromatic rings. The first kappa shape index (κ1) is 14.4. The second-order valence-electron chi connectivity index (χ2n) is 4.44. The summed E-state index contributed by atoms with van der Waals surface area (Å²) in [6.45, 7) is -0.139. The first-order valence-corrected chi connectivity index (χ1v) is 6.36. The zero-order valence-electron chi connectivity index (χ0n) is 11.6. The van der Waals surface area contributed by atoms with E-state index in [1.165, 1.54) is 4.90 Å². The van der Waals surface area contributed by atoms with Gasteiger partial charge >= 0.3 is 0 Å². The number of hydrogen-bond acceptors (Lipinski definition) is 4. The quantitative estimate of drug-likeness (QED) is 0.871. The maximum absolute atomic E-state index is 12.1. The van der Waals surface area contributed by atoms with E-state index in [0.29, 0.717) is 17.0 Å². The summed E-state index contributed by atoms with van der Waals surface area (Å²) in [7, 11) is 1.66. The van der Waals surface area contributed by atoms with Gasteiger partial charge in [0.15, 0.2) is 6.61 Å². The number of ether oxygens (including phenoxy) is 1. The van der Waals surface area contributed by atoms with Crippen LogP contribution in [0.15, 0.2) is 48.5 Å². The number of hydrogen-bond donors (Lipinski definition) is 1. The third-order valence-corrected chi connectivity index (χ3v) is 3.01. The minimum Gasteiger partial charge on any atom is -0.482 e. The molecule has 2 N–H and O–H groups in total. The fourth-order valence-corrected chi connectivity index (χ4v) is 1.76. The van der Waals surface area contributed by atoms with Crippen LogP contribution in [-0.2, 0) is 4.79 Å². The zero-order valence-corrected chi connectivity index (χ0v) is 11.6. The van der Waals surface area contributed by atoms with Gasteiger partial charge in [0.1, 0.15) is 11.8 Å². The molecule has 5 heteroatoms. The lowest BCUT2D eigenvalue weighted by molar-refractivity contribution is -0.120. The Kier molecular flexibility index (Phi) is 4.42. The molecule has 0 unspecified atom stereocenters. The van der Waals surface area contributed by atoms with Gasteiger partial charge in [-0.25, -0.2) is 0 Å². The van der Waals surface area contributed by atoms with Crippen molar-refractivity contribution in [2.45, 2.75) is 0 Å². The zero-order chi connectivity index (χ0) is 15.2. The first-order chi connectivity index (χ1) is 10.1. The van der Waals surface area contributed by atoms with E-state index in [-0.39, 0.29) is 12.5 Å². The molecule has 0 aliphatic heterocycles. The predicted molar refractivity (Wildman–Crippen MR) is 80.9 cm³/mol. The number of carbonyl (C=O) groups excluding carboxylic acids is 1. The van der Waals surface area contributed by atoms with Crippen LogP contribution in [0.4, 0.5) is 11.4 Å². The van der Waals surface area contributed by atoms with Crippen molar-refractivity contribution in [3.05, 3.63) is 54.1 Å². The number of likely N-dealkylation sites (N-methyl/N-ethyl adjacent to an activating group) is 1. The summed E-state index contributed by atoms with van der Waals surface area (Å²) in [5.41, 5.74) is 7.38. The van der Waals surface area contributed by atoms with Crippen LogP contribution in [0.3, 0.4) is 0 Å². The summed E-state index contributed by atoms with van der Waals surface area (Å²) in [5.74, 6) is 0.187. The van der Waals surface area contributed by atoms with E-state index in [2.05, 4.69) is 0 Å². The van der Waals surface area contributed by atoms with Crippen LogP contribution in [0, 0.1) is 11.3 Å². The van der Waals surface area contributed by atoms with Crippen molar-refractivity contribution in [2.24, 2.45) is 0 Å². The number of para-hydroxylation sites is 1. The summed E-state index contributed by atoms with van der Waals surface area (Å²) >= 11 is 0. The van der Waals surface area contributed by atoms with Gasteiger partial charge in [-0.15, -0.1) is 0 Å². The Hall–Kier alpha value is -3.00. The van der Waals surface area contributed by atoms with Crippen LogP contribution in [0.2, 0.25) is 0 Å². The van der Waals surface area contributed by atoms with E-state index >= 15 is 0 Å². The van der Waals surface area contributed by atoms with E-state index in [1.54, 1.807) is 55.6 Å². The van der Waals surface area contributed by atoms with Gasteiger partial charge in [0.25, 0.3) is 5.91 Å². The molecule has 0 aliphatic rings. The number of amides is 1. The molecule has 5 nitrogen and oxygen atoms in total. The molecule has 1 amide bonds. The van der Waals surface area contributed by atoms with Crippen LogP contribution < -0.4 is 15.4 Å². The van der Waals surface area contributed by atoms with Crippen LogP contribution in [0.1, 0.15) is 5.56 Å². The molecule has 0 fully saturated rings. The SMILES string of the molecule is CN(C(=O)COc1ccccc1C#N)c1ccc(N)cc1. The van der Waals surface area contributed by atoms with Crippen LogP contribution in [0.25, 0.3) is 0 Å². The minimum atomic E-state index is -0.215. The smallest absolute Gasteiger partial charge is 0.264 e. The molecule has 0 heterocycles. The summed E-state index contributed by atoms with van der Waals surface area (Å²) in [6.07, 6.45) is 0. The minimum absolute atomic E-state index is 0.139. The van der Waals surface area contributed by atoms with Gasteiger partial charge in [0, 0.05) is 18.4 Å². The third kappa shape index (κ3) is 3.51. The van der Waals surface area contributed by atoms with Crippen molar-refractivity contribution >= 4 is 17.3 Å². The highest BCUT2D eigenvalue weighted by molar-refractivity contribution is 5.94. The van der Waals surface area contributed by atoms with Gasteiger partial charge in [-0.05, 0) is 36.4 Å². The molecular weight excluding hydrogens is 266 g/mol. The monoisotopic (exact) mass is 281 g/mol. The lowest BCUT2D eigenvalue weighted by atomic mass is 10.2. The van der Waals surface area contributed by atoms with Crippen molar-refractivity contribution in [2.75, 3.05) is 24.3 Å². The van der Waals surface area contributed by atoms with Gasteiger partial charge < -0.3 is 15.4 Å². The van der Waals surface area contributed by atoms with E-state index in [1.807, 2.05) is 6.07 Å². The largest absolute Gasteiger partial charge is 0.482 e. The predicted octanol–water partition coefficient (Wildman–Crippen LogP) is 2.18. The molecule has 0 radical (unpaired) electrons. The molecule has 0 atom stereocenters. The van der Waals surface area contributed by atoms with Gasteiger partial charge in [0.2, 0.25) is 0 Å². The van der Waals surface area contributed by atoms with E-state index in [9.17, 15) is 4.79 Å². The lowest BCUT2D eigenvalue weighted by Gasteiger charge is -2.18. The molecule has 0 spiro atoms. The number of benzene rings is 2. The van der Waals surface area contributed by atoms with E-state index < -0.39 is 0 Å². The standard InChI is InChI=1S/C16H15N3O2/c1-19(14-8-6-13(18)7-9-14)16(20)11-21-15-5-3-2-4-12(15)10-17/h2-9H,11,18H2,1H3. The molecule has 2 aromatic carbocycles. The Morgan fingerprint density at radius 2 is 1.90 bits per heavy atom. The summed E-state index contributed by atoms with van der Waals surface area (Å²) in [5, 5.41) is 8.96. The first-order valence-electron chi connectivity index (χ1n) is 6.36. The highest BCUT2D eigenvalue weighted by atomic mass is 16.5. The van der Waals surface area contributed by atoms with Crippen LogP contribution >= 0.6 is 0 Å². The molecule has 0 saturated heterocycles. The molecule has 106 valence electrons. The molecule has 0 bridgehead atoms. The molecule has 0 aromatic heterocycles. The Morgan fingerprint density at radius 3 is 2.57 bits per heavy atom.